The van der Waals surface area contributed by atoms with Gasteiger partial charge < -0.3 is 14.8 Å². The number of phenolic OH excluding ortho intramolecular Hbond substituents is 1. The molecule has 126 valence electrons. The number of nitrogens with one attached hydrogen (secondary N) is 1. The molecule has 0 aliphatic heterocycles. The van der Waals surface area contributed by atoms with Crippen LogP contribution in [0.1, 0.15) is 0 Å². The molecule has 0 saturated carbocycles. The maximum absolute atomic E-state index is 11.0. The molecule has 0 saturated heterocycles. The first-order valence-corrected chi connectivity index (χ1v) is 7.63. The topological polar surface area (TPSA) is 101 Å². The van der Waals surface area contributed by atoms with Gasteiger partial charge in [-0.1, -0.05) is 6.07 Å². The number of hydrogen-bond acceptors (Lipinski definition) is 6. The summed E-state index contributed by atoms with van der Waals surface area (Å²) in [7, 11) is 1.58. The van der Waals surface area contributed by atoms with Crippen molar-refractivity contribution in [3.05, 3.63) is 63.4 Å². The number of aromatic nitrogens is 2. The molecule has 25 heavy (non-hydrogen) atoms. The Hall–Kier alpha value is -3.26. The second-order valence-electron chi connectivity index (χ2n) is 5.14. The maximum Gasteiger partial charge on any atom is 0.311 e. The van der Waals surface area contributed by atoms with Gasteiger partial charge in [-0.25, -0.2) is 4.98 Å². The highest BCUT2D eigenvalue weighted by molar-refractivity contribution is 7.71. The van der Waals surface area contributed by atoms with E-state index in [2.05, 4.69) is 9.97 Å². The van der Waals surface area contributed by atoms with Gasteiger partial charge in [0.1, 0.15) is 5.75 Å². The standard InChI is InChI=1S/C17H13N3O4S/c1-24-11-7-5-10(6-8-11)13-9-14(19-17(25)18-13)12-3-2-4-15(16(12)21)20(22)23/h2-9,21H,1H3,(H,18,19,25). The number of hydrogen-bond donors (Lipinski definition) is 2. The van der Waals surface area contributed by atoms with E-state index < -0.39 is 10.7 Å². The second-order valence-corrected chi connectivity index (χ2v) is 5.53. The summed E-state index contributed by atoms with van der Waals surface area (Å²) in [4.78, 5) is 17.5. The van der Waals surface area contributed by atoms with Gasteiger partial charge in [0.2, 0.25) is 5.75 Å². The Labute approximate surface area is 147 Å². The van der Waals surface area contributed by atoms with Crippen molar-refractivity contribution in [3.63, 3.8) is 0 Å². The van der Waals surface area contributed by atoms with Crippen LogP contribution in [0.5, 0.6) is 11.5 Å². The van der Waals surface area contributed by atoms with E-state index in [9.17, 15) is 15.2 Å². The zero-order chi connectivity index (χ0) is 18.0. The molecule has 0 aliphatic carbocycles. The van der Waals surface area contributed by atoms with E-state index in [-0.39, 0.29) is 16.0 Å². The molecule has 0 amide bonds. The number of nitrogens with zero attached hydrogens (tertiary/aromatic N) is 2. The van der Waals surface area contributed by atoms with Gasteiger partial charge in [0, 0.05) is 17.2 Å². The minimum atomic E-state index is -0.640. The predicted molar refractivity (Wildman–Crippen MR) is 95.2 cm³/mol. The lowest BCUT2D eigenvalue weighted by Gasteiger charge is -2.08. The van der Waals surface area contributed by atoms with E-state index in [1.807, 2.05) is 12.1 Å². The van der Waals surface area contributed by atoms with Gasteiger partial charge in [-0.15, -0.1) is 0 Å². The number of benzene rings is 2. The van der Waals surface area contributed by atoms with Gasteiger partial charge in [0.05, 0.1) is 23.4 Å². The van der Waals surface area contributed by atoms with Crippen LogP contribution in [0.15, 0.2) is 48.5 Å². The van der Waals surface area contributed by atoms with Gasteiger partial charge >= 0.3 is 5.69 Å². The number of aromatic amines is 1. The number of methoxy groups -OCH3 is 1. The van der Waals surface area contributed by atoms with Crippen LogP contribution in [-0.4, -0.2) is 27.1 Å². The lowest BCUT2D eigenvalue weighted by molar-refractivity contribution is -0.385. The average molecular weight is 355 g/mol. The number of ether oxygens (including phenoxy) is 1. The van der Waals surface area contributed by atoms with E-state index in [1.165, 1.54) is 12.1 Å². The van der Waals surface area contributed by atoms with Crippen molar-refractivity contribution in [1.29, 1.82) is 0 Å². The minimum Gasteiger partial charge on any atom is -0.502 e. The SMILES string of the molecule is COc1ccc(-c2cc(-c3cccc([N+](=O)[O-])c3O)[nH]c(=S)n2)cc1. The van der Waals surface area contributed by atoms with Crippen LogP contribution in [0.4, 0.5) is 5.69 Å². The fraction of sp³-hybridized carbons (Fsp3) is 0.0588. The largest absolute Gasteiger partial charge is 0.502 e. The predicted octanol–water partition coefficient (Wildman–Crippen LogP) is 4.10. The summed E-state index contributed by atoms with van der Waals surface area (Å²) in [5.41, 5.74) is 1.71. The first-order valence-electron chi connectivity index (χ1n) is 7.22. The second kappa shape index (κ2) is 6.70. The Morgan fingerprint density at radius 3 is 2.60 bits per heavy atom. The smallest absolute Gasteiger partial charge is 0.311 e. The number of aromatic hydroxyl groups is 1. The normalized spacial score (nSPS) is 10.4. The van der Waals surface area contributed by atoms with Gasteiger partial charge in [-0.05, 0) is 48.6 Å². The number of para-hydroxylation sites is 1. The molecule has 0 fully saturated rings. The highest BCUT2D eigenvalue weighted by Gasteiger charge is 2.18. The molecule has 7 nitrogen and oxygen atoms in total. The van der Waals surface area contributed by atoms with Crippen molar-refractivity contribution < 1.29 is 14.8 Å². The highest BCUT2D eigenvalue weighted by atomic mass is 32.1. The van der Waals surface area contributed by atoms with Crippen molar-refractivity contribution in [2.24, 2.45) is 0 Å². The van der Waals surface area contributed by atoms with Crippen molar-refractivity contribution in [3.8, 4) is 34.0 Å². The third-order valence-corrected chi connectivity index (χ3v) is 3.83. The molecule has 3 rings (SSSR count). The van der Waals surface area contributed by atoms with Crippen LogP contribution < -0.4 is 4.74 Å². The molecule has 0 aliphatic rings. The van der Waals surface area contributed by atoms with Crippen molar-refractivity contribution in [2.45, 2.75) is 0 Å². The van der Waals surface area contributed by atoms with Gasteiger partial charge in [0.25, 0.3) is 0 Å². The fourth-order valence-electron chi connectivity index (χ4n) is 2.41. The van der Waals surface area contributed by atoms with Crippen LogP contribution >= 0.6 is 12.2 Å². The molecule has 0 atom stereocenters. The van der Waals surface area contributed by atoms with E-state index in [0.29, 0.717) is 17.1 Å². The number of phenols is 1. The molecule has 2 N–H and O–H groups in total. The lowest BCUT2D eigenvalue weighted by Crippen LogP contribution is -1.94. The number of H-pyrrole nitrogens is 1. The van der Waals surface area contributed by atoms with Crippen LogP contribution in [0.25, 0.3) is 22.5 Å². The fourth-order valence-corrected chi connectivity index (χ4v) is 2.62. The summed E-state index contributed by atoms with van der Waals surface area (Å²) in [6.07, 6.45) is 0. The molecule has 2 aromatic carbocycles. The maximum atomic E-state index is 11.0. The molecule has 3 aromatic rings. The van der Waals surface area contributed by atoms with Gasteiger partial charge in [0.15, 0.2) is 4.77 Å². The average Bonchev–Trinajstić information content (AvgIpc) is 2.61. The third-order valence-electron chi connectivity index (χ3n) is 3.63. The Balaban J connectivity index is 2.13. The van der Waals surface area contributed by atoms with Gasteiger partial charge in [-0.3, -0.25) is 10.1 Å². The molecule has 1 aromatic heterocycles. The van der Waals surface area contributed by atoms with Gasteiger partial charge in [-0.2, -0.15) is 0 Å². The Morgan fingerprint density at radius 2 is 1.96 bits per heavy atom. The molecule has 0 bridgehead atoms. The van der Waals surface area contributed by atoms with Crippen LogP contribution in [0, 0.1) is 14.9 Å². The molecule has 0 radical (unpaired) electrons. The third kappa shape index (κ3) is 3.33. The summed E-state index contributed by atoms with van der Waals surface area (Å²) >= 11 is 5.16. The van der Waals surface area contributed by atoms with E-state index in [0.717, 1.165) is 5.56 Å². The number of nitro groups is 1. The summed E-state index contributed by atoms with van der Waals surface area (Å²) in [5, 5.41) is 21.2. The number of rotatable bonds is 4. The van der Waals surface area contributed by atoms with E-state index in [4.69, 9.17) is 17.0 Å². The monoisotopic (exact) mass is 355 g/mol. The first-order chi connectivity index (χ1) is 12.0. The quantitative estimate of drug-likeness (QED) is 0.415. The van der Waals surface area contributed by atoms with Crippen molar-refractivity contribution in [2.75, 3.05) is 7.11 Å². The van der Waals surface area contributed by atoms with Crippen LogP contribution in [0.3, 0.4) is 0 Å². The Bertz CT molecular complexity index is 1000. The highest BCUT2D eigenvalue weighted by Crippen LogP contribution is 2.36. The summed E-state index contributed by atoms with van der Waals surface area (Å²) < 4.78 is 5.33. The molecular weight excluding hydrogens is 342 g/mol. The van der Waals surface area contributed by atoms with Crippen LogP contribution in [-0.2, 0) is 0 Å². The summed E-state index contributed by atoms with van der Waals surface area (Å²) in [6, 6.07) is 13.2. The molecule has 0 unspecified atom stereocenters. The molecular formula is C17H13N3O4S. The van der Waals surface area contributed by atoms with E-state index in [1.54, 1.807) is 31.4 Å². The Kier molecular flexibility index (Phi) is 4.44. The first kappa shape index (κ1) is 16.6. The minimum absolute atomic E-state index is 0.203. The molecule has 0 spiro atoms. The lowest BCUT2D eigenvalue weighted by atomic mass is 10.1. The summed E-state index contributed by atoms with van der Waals surface area (Å²) in [5.74, 6) is 0.284. The van der Waals surface area contributed by atoms with Crippen molar-refractivity contribution in [1.82, 2.24) is 9.97 Å². The zero-order valence-electron chi connectivity index (χ0n) is 13.1. The van der Waals surface area contributed by atoms with Crippen LogP contribution in [0.2, 0.25) is 0 Å². The number of nitro benzene ring substituents is 1. The van der Waals surface area contributed by atoms with Crippen molar-refractivity contribution >= 4 is 17.9 Å². The Morgan fingerprint density at radius 1 is 1.24 bits per heavy atom. The molecule has 8 heteroatoms. The zero-order valence-corrected chi connectivity index (χ0v) is 13.9. The summed E-state index contributed by atoms with van der Waals surface area (Å²) in [6.45, 7) is 0. The van der Waals surface area contributed by atoms with E-state index >= 15 is 0 Å². The molecule has 1 heterocycles.